The number of ether oxygens (including phenoxy) is 1. The number of hydrogen-bond donors (Lipinski definition) is 3. The third-order valence-corrected chi connectivity index (χ3v) is 2.33. The number of nitrogen functional groups attached to an aromatic ring is 1. The fourth-order valence-corrected chi connectivity index (χ4v) is 1.26. The summed E-state index contributed by atoms with van der Waals surface area (Å²) in [6.45, 7) is 1.76. The van der Waals surface area contributed by atoms with Gasteiger partial charge in [0.15, 0.2) is 6.61 Å². The lowest BCUT2D eigenvalue weighted by atomic mass is 10.2. The fraction of sp³-hybridized carbons (Fsp3) is 0.417. The average molecular weight is 238 g/mol. The Morgan fingerprint density at radius 3 is 2.65 bits per heavy atom. The van der Waals surface area contributed by atoms with Crippen LogP contribution in [0.3, 0.4) is 0 Å². The molecule has 0 heterocycles. The van der Waals surface area contributed by atoms with E-state index in [1.807, 2.05) is 6.92 Å². The number of nitrogens with one attached hydrogen (secondary N) is 1. The molecular formula is C12H18N2O3. The van der Waals surface area contributed by atoms with E-state index in [9.17, 15) is 4.79 Å². The van der Waals surface area contributed by atoms with Crippen molar-refractivity contribution in [1.82, 2.24) is 5.32 Å². The molecule has 0 aliphatic heterocycles. The number of carbonyl (C=O) groups is 1. The smallest absolute Gasteiger partial charge is 0.258 e. The Kier molecular flexibility index (Phi) is 5.29. The number of nitrogens with two attached hydrogens (primary N) is 1. The first kappa shape index (κ1) is 13.3. The molecule has 0 bridgehead atoms. The summed E-state index contributed by atoms with van der Waals surface area (Å²) in [6, 6.07) is 6.60. The monoisotopic (exact) mass is 238 g/mol. The molecule has 94 valence electrons. The normalized spacial score (nSPS) is 11.9. The minimum Gasteiger partial charge on any atom is -0.484 e. The summed E-state index contributed by atoms with van der Waals surface area (Å²) >= 11 is 0. The van der Waals surface area contributed by atoms with Crippen LogP contribution in [0.1, 0.15) is 13.3 Å². The van der Waals surface area contributed by atoms with Crippen LogP contribution in [0.2, 0.25) is 0 Å². The van der Waals surface area contributed by atoms with Crippen LogP contribution in [0.25, 0.3) is 0 Å². The number of carbonyl (C=O) groups excluding carboxylic acids is 1. The van der Waals surface area contributed by atoms with Gasteiger partial charge in [0.25, 0.3) is 5.91 Å². The van der Waals surface area contributed by atoms with Gasteiger partial charge >= 0.3 is 0 Å². The van der Waals surface area contributed by atoms with Gasteiger partial charge in [-0.15, -0.1) is 0 Å². The van der Waals surface area contributed by atoms with Crippen molar-refractivity contribution in [1.29, 1.82) is 0 Å². The van der Waals surface area contributed by atoms with Gasteiger partial charge in [-0.2, -0.15) is 0 Å². The molecule has 5 heteroatoms. The summed E-state index contributed by atoms with van der Waals surface area (Å²) in [7, 11) is 0. The molecule has 0 aromatic heterocycles. The number of anilines is 1. The highest BCUT2D eigenvalue weighted by Crippen LogP contribution is 2.12. The van der Waals surface area contributed by atoms with Crippen LogP contribution in [0, 0.1) is 0 Å². The Bertz CT molecular complexity index is 347. The Balaban J connectivity index is 2.35. The molecule has 5 nitrogen and oxygen atoms in total. The second-order valence-corrected chi connectivity index (χ2v) is 3.71. The van der Waals surface area contributed by atoms with Crippen molar-refractivity contribution < 1.29 is 14.6 Å². The molecule has 1 unspecified atom stereocenters. The molecule has 1 aromatic carbocycles. The number of rotatable bonds is 6. The Hall–Kier alpha value is -1.75. The predicted molar refractivity (Wildman–Crippen MR) is 65.7 cm³/mol. The molecular weight excluding hydrogens is 220 g/mol. The van der Waals surface area contributed by atoms with Crippen LogP contribution >= 0.6 is 0 Å². The maximum absolute atomic E-state index is 11.4. The zero-order chi connectivity index (χ0) is 12.7. The van der Waals surface area contributed by atoms with Crippen LogP contribution in [-0.2, 0) is 4.79 Å². The summed E-state index contributed by atoms with van der Waals surface area (Å²) in [4.78, 5) is 11.4. The lowest BCUT2D eigenvalue weighted by molar-refractivity contribution is -0.124. The molecule has 1 amide bonds. The van der Waals surface area contributed by atoms with Gasteiger partial charge in [0, 0.05) is 5.69 Å². The first-order valence-corrected chi connectivity index (χ1v) is 5.54. The number of benzene rings is 1. The summed E-state index contributed by atoms with van der Waals surface area (Å²) in [5.74, 6) is 0.342. The lowest BCUT2D eigenvalue weighted by Crippen LogP contribution is -2.39. The summed E-state index contributed by atoms with van der Waals surface area (Å²) in [5, 5.41) is 11.6. The highest BCUT2D eigenvalue weighted by molar-refractivity contribution is 5.77. The van der Waals surface area contributed by atoms with E-state index in [0.717, 1.165) is 0 Å². The van der Waals surface area contributed by atoms with Crippen molar-refractivity contribution >= 4 is 11.6 Å². The molecule has 1 aromatic rings. The largest absolute Gasteiger partial charge is 0.484 e. The van der Waals surface area contributed by atoms with Crippen molar-refractivity contribution in [2.75, 3.05) is 18.9 Å². The molecule has 0 saturated heterocycles. The van der Waals surface area contributed by atoms with Crippen molar-refractivity contribution in [2.24, 2.45) is 0 Å². The SMILES string of the molecule is CCC(CO)NC(=O)COc1ccc(N)cc1. The average Bonchev–Trinajstić information content (AvgIpc) is 2.35. The summed E-state index contributed by atoms with van der Waals surface area (Å²) in [5.41, 5.74) is 6.17. The summed E-state index contributed by atoms with van der Waals surface area (Å²) < 4.78 is 5.26. The van der Waals surface area contributed by atoms with Gasteiger partial charge in [-0.05, 0) is 30.7 Å². The number of aliphatic hydroxyl groups excluding tert-OH is 1. The zero-order valence-corrected chi connectivity index (χ0v) is 9.85. The van der Waals surface area contributed by atoms with Crippen molar-refractivity contribution in [3.63, 3.8) is 0 Å². The Morgan fingerprint density at radius 1 is 1.47 bits per heavy atom. The highest BCUT2D eigenvalue weighted by Gasteiger charge is 2.09. The van der Waals surface area contributed by atoms with Gasteiger partial charge in [-0.3, -0.25) is 4.79 Å². The van der Waals surface area contributed by atoms with Crippen LogP contribution < -0.4 is 15.8 Å². The van der Waals surface area contributed by atoms with Crippen molar-refractivity contribution in [3.05, 3.63) is 24.3 Å². The third-order valence-electron chi connectivity index (χ3n) is 2.33. The van der Waals surface area contributed by atoms with E-state index in [1.54, 1.807) is 24.3 Å². The first-order valence-electron chi connectivity index (χ1n) is 5.54. The maximum Gasteiger partial charge on any atom is 0.258 e. The van der Waals surface area contributed by atoms with Gasteiger partial charge in [0.1, 0.15) is 5.75 Å². The second-order valence-electron chi connectivity index (χ2n) is 3.71. The van der Waals surface area contributed by atoms with Crippen LogP contribution in [0.5, 0.6) is 5.75 Å². The zero-order valence-electron chi connectivity index (χ0n) is 9.85. The van der Waals surface area contributed by atoms with Crippen LogP contribution in [0.15, 0.2) is 24.3 Å². The van der Waals surface area contributed by atoms with Gasteiger partial charge < -0.3 is 20.9 Å². The predicted octanol–water partition coefficient (Wildman–Crippen LogP) is 0.535. The molecule has 0 aliphatic carbocycles. The topological polar surface area (TPSA) is 84.6 Å². The molecule has 0 spiro atoms. The molecule has 1 rings (SSSR count). The van der Waals surface area contributed by atoms with E-state index < -0.39 is 0 Å². The standard InChI is InChI=1S/C12H18N2O3/c1-2-10(7-15)14-12(16)8-17-11-5-3-9(13)4-6-11/h3-6,10,15H,2,7-8,13H2,1H3,(H,14,16). The molecule has 1 atom stereocenters. The fourth-order valence-electron chi connectivity index (χ4n) is 1.26. The van der Waals surface area contributed by atoms with E-state index in [4.69, 9.17) is 15.6 Å². The third kappa shape index (κ3) is 4.74. The maximum atomic E-state index is 11.4. The quantitative estimate of drug-likeness (QED) is 0.631. The molecule has 0 saturated carbocycles. The second kappa shape index (κ2) is 6.75. The molecule has 17 heavy (non-hydrogen) atoms. The van der Waals surface area contributed by atoms with Crippen LogP contribution in [0.4, 0.5) is 5.69 Å². The van der Waals surface area contributed by atoms with Crippen molar-refractivity contribution in [3.8, 4) is 5.75 Å². The van der Waals surface area contributed by atoms with Crippen LogP contribution in [-0.4, -0.2) is 30.3 Å². The highest BCUT2D eigenvalue weighted by atomic mass is 16.5. The van der Waals surface area contributed by atoms with E-state index in [2.05, 4.69) is 5.32 Å². The van der Waals surface area contributed by atoms with Gasteiger partial charge in [-0.25, -0.2) is 0 Å². The minimum absolute atomic E-state index is 0.0654. The molecule has 4 N–H and O–H groups in total. The number of hydrogen-bond acceptors (Lipinski definition) is 4. The van der Waals surface area contributed by atoms with Gasteiger partial charge in [-0.1, -0.05) is 6.92 Å². The van der Waals surface area contributed by atoms with E-state index in [1.165, 1.54) is 0 Å². The number of amides is 1. The molecule has 0 radical (unpaired) electrons. The minimum atomic E-state index is -0.247. The van der Waals surface area contributed by atoms with E-state index in [-0.39, 0.29) is 25.2 Å². The van der Waals surface area contributed by atoms with Crippen molar-refractivity contribution in [2.45, 2.75) is 19.4 Å². The van der Waals surface area contributed by atoms with E-state index >= 15 is 0 Å². The summed E-state index contributed by atoms with van der Waals surface area (Å²) in [6.07, 6.45) is 0.685. The first-order chi connectivity index (χ1) is 8.15. The number of aliphatic hydroxyl groups is 1. The Labute approximate surface area is 101 Å². The molecule has 0 aliphatic rings. The van der Waals surface area contributed by atoms with Gasteiger partial charge in [0.2, 0.25) is 0 Å². The van der Waals surface area contributed by atoms with E-state index in [0.29, 0.717) is 17.9 Å². The molecule has 0 fully saturated rings. The lowest BCUT2D eigenvalue weighted by Gasteiger charge is -2.14. The Morgan fingerprint density at radius 2 is 2.12 bits per heavy atom. The van der Waals surface area contributed by atoms with Gasteiger partial charge in [0.05, 0.1) is 12.6 Å².